The van der Waals surface area contributed by atoms with Gasteiger partial charge < -0.3 is 4.90 Å². The predicted octanol–water partition coefficient (Wildman–Crippen LogP) is 5.28. The second-order valence-electron chi connectivity index (χ2n) is 6.14. The van der Waals surface area contributed by atoms with E-state index in [1.807, 2.05) is 96.8 Å². The van der Waals surface area contributed by atoms with Crippen LogP contribution in [0.3, 0.4) is 0 Å². The van der Waals surface area contributed by atoms with Crippen molar-refractivity contribution in [2.24, 2.45) is 0 Å². The molecule has 0 spiro atoms. The highest BCUT2D eigenvalue weighted by atomic mass is 16.2. The predicted molar refractivity (Wildman–Crippen MR) is 108 cm³/mol. The van der Waals surface area contributed by atoms with Gasteiger partial charge in [-0.25, -0.2) is 0 Å². The van der Waals surface area contributed by atoms with Crippen LogP contribution in [0.15, 0.2) is 91.0 Å². The Hall–Kier alpha value is -3.13. The first-order valence-corrected chi connectivity index (χ1v) is 8.93. The molecule has 0 bridgehead atoms. The second kappa shape index (κ2) is 8.82. The molecule has 26 heavy (non-hydrogen) atoms. The van der Waals surface area contributed by atoms with Crippen molar-refractivity contribution in [2.75, 3.05) is 6.54 Å². The van der Waals surface area contributed by atoms with Crippen LogP contribution in [-0.4, -0.2) is 17.4 Å². The molecule has 3 aromatic carbocycles. The minimum atomic E-state index is 0.0476. The van der Waals surface area contributed by atoms with Crippen molar-refractivity contribution in [2.45, 2.75) is 13.5 Å². The van der Waals surface area contributed by atoms with Gasteiger partial charge in [0.25, 0.3) is 5.91 Å². The standard InChI is InChI=1S/C24H23NO/c1-2-25(19-21-14-8-4-9-15-21)24(26)23(22-16-10-5-11-17-22)18-20-12-6-3-7-13-20/h3-18H,2,19H2,1H3/b23-18-. The Morgan fingerprint density at radius 3 is 1.92 bits per heavy atom. The Labute approximate surface area is 155 Å². The highest BCUT2D eigenvalue weighted by Crippen LogP contribution is 2.22. The van der Waals surface area contributed by atoms with E-state index < -0.39 is 0 Å². The zero-order valence-electron chi connectivity index (χ0n) is 15.0. The molecule has 130 valence electrons. The summed E-state index contributed by atoms with van der Waals surface area (Å²) in [5.41, 5.74) is 3.81. The Morgan fingerprint density at radius 2 is 1.35 bits per heavy atom. The van der Waals surface area contributed by atoms with Crippen LogP contribution < -0.4 is 0 Å². The summed E-state index contributed by atoms with van der Waals surface area (Å²) in [6, 6.07) is 30.0. The molecule has 0 N–H and O–H groups in total. The minimum Gasteiger partial charge on any atom is -0.335 e. The van der Waals surface area contributed by atoms with Gasteiger partial charge in [0.15, 0.2) is 0 Å². The van der Waals surface area contributed by atoms with Crippen molar-refractivity contribution >= 4 is 17.6 Å². The van der Waals surface area contributed by atoms with Crippen LogP contribution in [0.5, 0.6) is 0 Å². The molecule has 0 atom stereocenters. The smallest absolute Gasteiger partial charge is 0.254 e. The fraction of sp³-hybridized carbons (Fsp3) is 0.125. The highest BCUT2D eigenvalue weighted by Gasteiger charge is 2.18. The molecule has 0 saturated carbocycles. The van der Waals surface area contributed by atoms with E-state index in [9.17, 15) is 4.79 Å². The van der Waals surface area contributed by atoms with Gasteiger partial charge in [0, 0.05) is 18.7 Å². The molecule has 0 aromatic heterocycles. The Balaban J connectivity index is 1.95. The van der Waals surface area contributed by atoms with Crippen molar-refractivity contribution in [3.63, 3.8) is 0 Å². The van der Waals surface area contributed by atoms with Gasteiger partial charge in [0.05, 0.1) is 0 Å². The third-order valence-corrected chi connectivity index (χ3v) is 4.31. The Morgan fingerprint density at radius 1 is 0.808 bits per heavy atom. The number of carbonyl (C=O) groups excluding carboxylic acids is 1. The number of hydrogen-bond donors (Lipinski definition) is 0. The summed E-state index contributed by atoms with van der Waals surface area (Å²) in [6.07, 6.45) is 1.98. The molecule has 0 heterocycles. The molecule has 3 rings (SSSR count). The van der Waals surface area contributed by atoms with Gasteiger partial charge in [-0.3, -0.25) is 4.79 Å². The summed E-state index contributed by atoms with van der Waals surface area (Å²) in [4.78, 5) is 15.2. The minimum absolute atomic E-state index is 0.0476. The number of carbonyl (C=O) groups is 1. The third-order valence-electron chi connectivity index (χ3n) is 4.31. The number of amides is 1. The van der Waals surface area contributed by atoms with Crippen molar-refractivity contribution in [3.8, 4) is 0 Å². The Bertz CT molecular complexity index is 854. The maximum Gasteiger partial charge on any atom is 0.254 e. The number of hydrogen-bond acceptors (Lipinski definition) is 1. The SMILES string of the molecule is CCN(Cc1ccccc1)C(=O)/C(=C\c1ccccc1)c1ccccc1. The van der Waals surface area contributed by atoms with Crippen molar-refractivity contribution < 1.29 is 4.79 Å². The van der Waals surface area contributed by atoms with Crippen LogP contribution in [0.1, 0.15) is 23.6 Å². The monoisotopic (exact) mass is 341 g/mol. The molecule has 0 fully saturated rings. The van der Waals surface area contributed by atoms with Crippen molar-refractivity contribution in [3.05, 3.63) is 108 Å². The second-order valence-corrected chi connectivity index (χ2v) is 6.14. The molecular weight excluding hydrogens is 318 g/mol. The normalized spacial score (nSPS) is 11.2. The van der Waals surface area contributed by atoms with Crippen molar-refractivity contribution in [1.82, 2.24) is 4.90 Å². The lowest BCUT2D eigenvalue weighted by Crippen LogP contribution is -2.31. The van der Waals surface area contributed by atoms with E-state index >= 15 is 0 Å². The van der Waals surface area contributed by atoms with E-state index in [1.165, 1.54) is 0 Å². The van der Waals surface area contributed by atoms with E-state index in [4.69, 9.17) is 0 Å². The lowest BCUT2D eigenvalue weighted by Gasteiger charge is -2.23. The van der Waals surface area contributed by atoms with Crippen molar-refractivity contribution in [1.29, 1.82) is 0 Å². The summed E-state index contributed by atoms with van der Waals surface area (Å²) in [7, 11) is 0. The first-order chi connectivity index (χ1) is 12.8. The zero-order valence-corrected chi connectivity index (χ0v) is 15.0. The lowest BCUT2D eigenvalue weighted by molar-refractivity contribution is -0.125. The highest BCUT2D eigenvalue weighted by molar-refractivity contribution is 6.24. The molecule has 2 nitrogen and oxygen atoms in total. The van der Waals surface area contributed by atoms with Gasteiger partial charge in [0.1, 0.15) is 0 Å². The average molecular weight is 341 g/mol. The van der Waals surface area contributed by atoms with Crippen LogP contribution in [0.25, 0.3) is 11.6 Å². The van der Waals surface area contributed by atoms with Crippen LogP contribution in [0.2, 0.25) is 0 Å². The summed E-state index contributed by atoms with van der Waals surface area (Å²) in [5, 5.41) is 0. The first kappa shape index (κ1) is 17.7. The average Bonchev–Trinajstić information content (AvgIpc) is 2.72. The van der Waals surface area contributed by atoms with E-state index in [2.05, 4.69) is 12.1 Å². The first-order valence-electron chi connectivity index (χ1n) is 8.93. The van der Waals surface area contributed by atoms with Gasteiger partial charge in [-0.05, 0) is 29.7 Å². The van der Waals surface area contributed by atoms with E-state index in [0.29, 0.717) is 13.1 Å². The molecule has 0 aliphatic heterocycles. The molecule has 0 unspecified atom stereocenters. The largest absolute Gasteiger partial charge is 0.335 e. The summed E-state index contributed by atoms with van der Waals surface area (Å²) in [6.45, 7) is 3.29. The summed E-state index contributed by atoms with van der Waals surface area (Å²) >= 11 is 0. The van der Waals surface area contributed by atoms with Gasteiger partial charge in [-0.2, -0.15) is 0 Å². The topological polar surface area (TPSA) is 20.3 Å². The molecular formula is C24H23NO. The fourth-order valence-corrected chi connectivity index (χ4v) is 2.90. The zero-order chi connectivity index (χ0) is 18.2. The number of benzene rings is 3. The van der Waals surface area contributed by atoms with Crippen LogP contribution in [-0.2, 0) is 11.3 Å². The molecule has 1 amide bonds. The molecule has 0 saturated heterocycles. The number of likely N-dealkylation sites (N-methyl/N-ethyl adjacent to an activating group) is 1. The van der Waals surface area contributed by atoms with Gasteiger partial charge in [-0.15, -0.1) is 0 Å². The quantitative estimate of drug-likeness (QED) is 0.441. The molecule has 2 heteroatoms. The van der Waals surface area contributed by atoms with Crippen LogP contribution in [0, 0.1) is 0 Å². The van der Waals surface area contributed by atoms with E-state index in [-0.39, 0.29) is 5.91 Å². The van der Waals surface area contributed by atoms with E-state index in [0.717, 1.165) is 22.3 Å². The molecule has 0 aliphatic carbocycles. The number of nitrogens with zero attached hydrogens (tertiary/aromatic N) is 1. The van der Waals surface area contributed by atoms with E-state index in [1.54, 1.807) is 0 Å². The molecule has 0 aliphatic rings. The summed E-state index contributed by atoms with van der Waals surface area (Å²) in [5.74, 6) is 0.0476. The summed E-state index contributed by atoms with van der Waals surface area (Å²) < 4.78 is 0. The van der Waals surface area contributed by atoms with Gasteiger partial charge >= 0.3 is 0 Å². The third kappa shape index (κ3) is 4.48. The fourth-order valence-electron chi connectivity index (χ4n) is 2.90. The molecule has 0 radical (unpaired) electrons. The Kier molecular flexibility index (Phi) is 6.00. The van der Waals surface area contributed by atoms with Crippen LogP contribution in [0.4, 0.5) is 0 Å². The van der Waals surface area contributed by atoms with Crippen LogP contribution >= 0.6 is 0 Å². The van der Waals surface area contributed by atoms with Gasteiger partial charge in [0.2, 0.25) is 0 Å². The number of rotatable bonds is 6. The maximum atomic E-state index is 13.3. The van der Waals surface area contributed by atoms with Gasteiger partial charge in [-0.1, -0.05) is 91.0 Å². The lowest BCUT2D eigenvalue weighted by atomic mass is 10.0. The molecule has 3 aromatic rings. The maximum absolute atomic E-state index is 13.3.